The molecular weight excluding hydrogens is 466 g/mol. The van der Waals surface area contributed by atoms with E-state index in [1.807, 2.05) is 6.07 Å². The van der Waals surface area contributed by atoms with Crippen LogP contribution in [0.3, 0.4) is 0 Å². The van der Waals surface area contributed by atoms with Crippen LogP contribution in [0.25, 0.3) is 10.3 Å². The van der Waals surface area contributed by atoms with Crippen LogP contribution in [0.1, 0.15) is 45.9 Å². The van der Waals surface area contributed by atoms with Gasteiger partial charge < -0.3 is 20.1 Å². The average Bonchev–Trinajstić information content (AvgIpc) is 3.52. The van der Waals surface area contributed by atoms with Gasteiger partial charge in [-0.1, -0.05) is 32.1 Å². The lowest BCUT2D eigenvalue weighted by Gasteiger charge is -2.22. The molecule has 10 nitrogen and oxygen atoms in total. The molecule has 1 saturated heterocycles. The van der Waals surface area contributed by atoms with Gasteiger partial charge in [0.25, 0.3) is 0 Å². The van der Waals surface area contributed by atoms with Crippen LogP contribution in [-0.4, -0.2) is 43.9 Å². The fourth-order valence-electron chi connectivity index (χ4n) is 3.89. The third kappa shape index (κ3) is 5.25. The molecule has 2 N–H and O–H groups in total. The summed E-state index contributed by atoms with van der Waals surface area (Å²) >= 11 is 1.48. The summed E-state index contributed by atoms with van der Waals surface area (Å²) in [5.41, 5.74) is 1.73. The van der Waals surface area contributed by atoms with Gasteiger partial charge >= 0.3 is 0 Å². The van der Waals surface area contributed by atoms with Gasteiger partial charge in [0.2, 0.25) is 5.91 Å². The highest BCUT2D eigenvalue weighted by atomic mass is 32.1. The average molecular weight is 494 g/mol. The van der Waals surface area contributed by atoms with Crippen molar-refractivity contribution in [3.8, 4) is 11.5 Å². The van der Waals surface area contributed by atoms with E-state index in [0.29, 0.717) is 34.7 Å². The Balaban J connectivity index is 1.36. The molecule has 0 bridgehead atoms. The van der Waals surface area contributed by atoms with Gasteiger partial charge in [0.1, 0.15) is 17.3 Å². The van der Waals surface area contributed by atoms with Crippen molar-refractivity contribution in [2.24, 2.45) is 0 Å². The molecular formula is C24H27N7O3S. The summed E-state index contributed by atoms with van der Waals surface area (Å²) in [6.07, 6.45) is 4.16. The zero-order valence-corrected chi connectivity index (χ0v) is 20.8. The van der Waals surface area contributed by atoms with E-state index < -0.39 is 0 Å². The van der Waals surface area contributed by atoms with E-state index in [4.69, 9.17) is 14.6 Å². The number of carbonyl (C=O) groups excluding carboxylic acids is 1. The normalized spacial score (nSPS) is 15.9. The molecule has 0 aromatic carbocycles. The molecule has 0 spiro atoms. The molecule has 1 aliphatic heterocycles. The van der Waals surface area contributed by atoms with Crippen LogP contribution in [0.2, 0.25) is 0 Å². The van der Waals surface area contributed by atoms with Gasteiger partial charge in [-0.3, -0.25) is 9.48 Å². The standard InChI is InChI=1S/C24H27N7O3S/c1-14(32)27-20-10-16(5-7-25-20)34-17-9-18-22(26-12-17)29-23(35-18)28-21-11-19(24(2,3)4)31(30-21)15-6-8-33-13-15/h5,7,9-12,15H,6,8,13H2,1-4H3,(H,25,27,32)(H,26,28,29,30)/t15-/m1/s1. The van der Waals surface area contributed by atoms with Crippen molar-refractivity contribution in [1.29, 1.82) is 0 Å². The Morgan fingerprint density at radius 2 is 2.06 bits per heavy atom. The van der Waals surface area contributed by atoms with Crippen LogP contribution < -0.4 is 15.4 Å². The first-order chi connectivity index (χ1) is 16.7. The van der Waals surface area contributed by atoms with Crippen LogP contribution in [0.4, 0.5) is 16.8 Å². The Labute approximate surface area is 206 Å². The fraction of sp³-hybridized carbons (Fsp3) is 0.375. The number of rotatable bonds is 6. The molecule has 4 aromatic rings. The molecule has 5 heterocycles. The highest BCUT2D eigenvalue weighted by Gasteiger charge is 2.28. The monoisotopic (exact) mass is 493 g/mol. The molecule has 5 rings (SSSR count). The number of aromatic nitrogens is 5. The lowest BCUT2D eigenvalue weighted by molar-refractivity contribution is -0.114. The molecule has 1 amide bonds. The molecule has 1 fully saturated rings. The SMILES string of the molecule is CC(=O)Nc1cc(Oc2cnc3nc(Nc4cc(C(C)(C)C)n([C@@H]5CCOC5)n4)sc3c2)ccn1. The lowest BCUT2D eigenvalue weighted by atomic mass is 9.91. The minimum atomic E-state index is -0.196. The second-order valence-electron chi connectivity index (χ2n) is 9.42. The Hall–Kier alpha value is -3.57. The first kappa shape index (κ1) is 23.2. The van der Waals surface area contributed by atoms with E-state index in [0.717, 1.165) is 29.2 Å². The second kappa shape index (κ2) is 9.23. The number of hydrogen-bond donors (Lipinski definition) is 2. The third-order valence-corrected chi connectivity index (χ3v) is 6.39. The van der Waals surface area contributed by atoms with E-state index in [1.54, 1.807) is 24.5 Å². The van der Waals surface area contributed by atoms with Crippen molar-refractivity contribution >= 4 is 44.4 Å². The van der Waals surface area contributed by atoms with Gasteiger partial charge in [-0.05, 0) is 12.5 Å². The summed E-state index contributed by atoms with van der Waals surface area (Å²) in [5.74, 6) is 2.08. The quantitative estimate of drug-likeness (QED) is 0.384. The molecule has 1 atom stereocenters. The van der Waals surface area contributed by atoms with E-state index in [2.05, 4.69) is 57.1 Å². The molecule has 1 aliphatic rings. The molecule has 0 saturated carbocycles. The number of nitrogens with zero attached hydrogens (tertiary/aromatic N) is 5. The Morgan fingerprint density at radius 3 is 2.80 bits per heavy atom. The van der Waals surface area contributed by atoms with E-state index in [-0.39, 0.29) is 17.4 Å². The van der Waals surface area contributed by atoms with Gasteiger partial charge in [-0.15, -0.1) is 0 Å². The second-order valence-corrected chi connectivity index (χ2v) is 10.5. The maximum Gasteiger partial charge on any atom is 0.222 e. The van der Waals surface area contributed by atoms with E-state index in [1.165, 1.54) is 18.3 Å². The molecule has 0 radical (unpaired) electrons. The Bertz CT molecular complexity index is 1370. The maximum absolute atomic E-state index is 11.3. The number of nitrogens with one attached hydrogen (secondary N) is 2. The van der Waals surface area contributed by atoms with Crippen LogP contribution in [0, 0.1) is 0 Å². The predicted octanol–water partition coefficient (Wildman–Crippen LogP) is 5.04. The van der Waals surface area contributed by atoms with Crippen molar-refractivity contribution in [3.63, 3.8) is 0 Å². The van der Waals surface area contributed by atoms with Crippen LogP contribution in [0.5, 0.6) is 11.5 Å². The minimum absolute atomic E-state index is 0.0519. The van der Waals surface area contributed by atoms with Gasteiger partial charge in [0, 0.05) is 49.0 Å². The minimum Gasteiger partial charge on any atom is -0.455 e. The molecule has 35 heavy (non-hydrogen) atoms. The summed E-state index contributed by atoms with van der Waals surface area (Å²) in [6, 6.07) is 7.59. The zero-order chi connectivity index (χ0) is 24.6. The predicted molar refractivity (Wildman–Crippen MR) is 135 cm³/mol. The van der Waals surface area contributed by atoms with Crippen molar-refractivity contribution < 1.29 is 14.3 Å². The van der Waals surface area contributed by atoms with Gasteiger partial charge in [-0.25, -0.2) is 9.97 Å². The summed E-state index contributed by atoms with van der Waals surface area (Å²) in [6.45, 7) is 9.43. The van der Waals surface area contributed by atoms with E-state index in [9.17, 15) is 4.79 Å². The van der Waals surface area contributed by atoms with Crippen molar-refractivity contribution in [3.05, 3.63) is 42.4 Å². The third-order valence-electron chi connectivity index (χ3n) is 5.48. The number of anilines is 3. The summed E-state index contributed by atoms with van der Waals surface area (Å²) in [7, 11) is 0. The number of hydrogen-bond acceptors (Lipinski definition) is 9. The Morgan fingerprint density at radius 1 is 1.20 bits per heavy atom. The first-order valence-corrected chi connectivity index (χ1v) is 12.2. The van der Waals surface area contributed by atoms with Crippen molar-refractivity contribution in [1.82, 2.24) is 24.7 Å². The van der Waals surface area contributed by atoms with Crippen molar-refractivity contribution in [2.45, 2.75) is 45.6 Å². The molecule has 182 valence electrons. The van der Waals surface area contributed by atoms with E-state index >= 15 is 0 Å². The van der Waals surface area contributed by atoms with Gasteiger partial charge in [0.15, 0.2) is 16.6 Å². The summed E-state index contributed by atoms with van der Waals surface area (Å²) in [4.78, 5) is 24.4. The lowest BCUT2D eigenvalue weighted by Crippen LogP contribution is -2.22. The molecule has 4 aromatic heterocycles. The number of ether oxygens (including phenoxy) is 2. The molecule has 0 aliphatic carbocycles. The Kier molecular flexibility index (Phi) is 6.12. The summed E-state index contributed by atoms with van der Waals surface area (Å²) < 4.78 is 14.5. The van der Waals surface area contributed by atoms with Crippen LogP contribution in [0.15, 0.2) is 36.7 Å². The van der Waals surface area contributed by atoms with Gasteiger partial charge in [0.05, 0.1) is 23.5 Å². The summed E-state index contributed by atoms with van der Waals surface area (Å²) in [5, 5.41) is 11.5. The number of pyridine rings is 2. The van der Waals surface area contributed by atoms with Gasteiger partial charge in [-0.2, -0.15) is 10.1 Å². The number of fused-ring (bicyclic) bond motifs is 1. The smallest absolute Gasteiger partial charge is 0.222 e. The highest BCUT2D eigenvalue weighted by molar-refractivity contribution is 7.22. The van der Waals surface area contributed by atoms with Crippen LogP contribution in [-0.2, 0) is 14.9 Å². The molecule has 11 heteroatoms. The number of amides is 1. The largest absolute Gasteiger partial charge is 0.455 e. The number of carbonyl (C=O) groups is 1. The van der Waals surface area contributed by atoms with Crippen molar-refractivity contribution in [2.75, 3.05) is 23.8 Å². The zero-order valence-electron chi connectivity index (χ0n) is 20.0. The number of thiazole rings is 1. The fourth-order valence-corrected chi connectivity index (χ4v) is 4.75. The first-order valence-electron chi connectivity index (χ1n) is 11.4. The van der Waals surface area contributed by atoms with Crippen LogP contribution >= 0.6 is 11.3 Å². The topological polar surface area (TPSA) is 116 Å². The highest BCUT2D eigenvalue weighted by Crippen LogP contribution is 2.34. The maximum atomic E-state index is 11.3. The molecule has 0 unspecified atom stereocenters.